The van der Waals surface area contributed by atoms with Crippen LogP contribution in [0.2, 0.25) is 0 Å². The molecule has 0 bridgehead atoms. The molecule has 0 unspecified atom stereocenters. The Bertz CT molecular complexity index is 1190. The summed E-state index contributed by atoms with van der Waals surface area (Å²) in [6, 6.07) is 6.50. The Labute approximate surface area is 203 Å². The largest absolute Gasteiger partial charge is 0.507 e. The summed E-state index contributed by atoms with van der Waals surface area (Å²) < 4.78 is 27.0. The molecule has 0 aliphatic carbocycles. The van der Waals surface area contributed by atoms with E-state index in [-0.39, 0.29) is 22.6 Å². The van der Waals surface area contributed by atoms with Gasteiger partial charge in [-0.05, 0) is 72.9 Å². The first kappa shape index (κ1) is 25.9. The maximum absolute atomic E-state index is 12.7. The number of hydrogen-bond acceptors (Lipinski definition) is 5. The molecule has 0 aromatic heterocycles. The molecule has 8 heteroatoms. The van der Waals surface area contributed by atoms with E-state index in [0.717, 1.165) is 42.6 Å². The van der Waals surface area contributed by atoms with Crippen LogP contribution in [0.1, 0.15) is 59.8 Å². The van der Waals surface area contributed by atoms with Gasteiger partial charge in [0, 0.05) is 25.3 Å². The van der Waals surface area contributed by atoms with Crippen LogP contribution in [-0.4, -0.2) is 45.3 Å². The highest BCUT2D eigenvalue weighted by Crippen LogP contribution is 2.43. The summed E-state index contributed by atoms with van der Waals surface area (Å²) in [5, 5.41) is 13.0. The van der Waals surface area contributed by atoms with E-state index in [2.05, 4.69) is 35.7 Å². The number of phenolic OH excluding ortho intramolecular Hbond substituents is 1. The van der Waals surface area contributed by atoms with Crippen molar-refractivity contribution in [1.82, 2.24) is 5.32 Å². The van der Waals surface area contributed by atoms with Crippen molar-refractivity contribution in [2.45, 2.75) is 53.9 Å². The number of hydrogen-bond donors (Lipinski definition) is 3. The molecule has 2 aromatic carbocycles. The van der Waals surface area contributed by atoms with Crippen LogP contribution in [0.3, 0.4) is 0 Å². The van der Waals surface area contributed by atoms with Crippen molar-refractivity contribution < 1.29 is 18.3 Å². The summed E-state index contributed by atoms with van der Waals surface area (Å²) >= 11 is 0. The molecule has 1 aliphatic heterocycles. The van der Waals surface area contributed by atoms with Crippen LogP contribution in [0.25, 0.3) is 0 Å². The monoisotopic (exact) mass is 487 g/mol. The molecule has 0 atom stereocenters. The Morgan fingerprint density at radius 1 is 1.18 bits per heavy atom. The molecule has 3 rings (SSSR count). The predicted octanol–water partition coefficient (Wildman–Crippen LogP) is 4.15. The lowest BCUT2D eigenvalue weighted by Crippen LogP contribution is -2.36. The first-order valence-electron chi connectivity index (χ1n) is 11.8. The van der Waals surface area contributed by atoms with Crippen LogP contribution in [0.5, 0.6) is 5.75 Å². The third-order valence-electron chi connectivity index (χ3n) is 6.49. The Morgan fingerprint density at radius 2 is 1.85 bits per heavy atom. The van der Waals surface area contributed by atoms with Gasteiger partial charge in [0.1, 0.15) is 5.75 Å². The molecule has 0 fully saturated rings. The molecule has 3 N–H and O–H groups in total. The van der Waals surface area contributed by atoms with E-state index < -0.39 is 10.0 Å². The van der Waals surface area contributed by atoms with Gasteiger partial charge in [-0.25, -0.2) is 8.42 Å². The van der Waals surface area contributed by atoms with Gasteiger partial charge in [0.15, 0.2) is 0 Å². The van der Waals surface area contributed by atoms with E-state index in [4.69, 9.17) is 0 Å². The van der Waals surface area contributed by atoms with Crippen LogP contribution in [0, 0.1) is 19.3 Å². The van der Waals surface area contributed by atoms with E-state index >= 15 is 0 Å². The number of para-hydroxylation sites is 1. The molecule has 1 heterocycles. The number of benzene rings is 2. The minimum atomic E-state index is -3.42. The van der Waals surface area contributed by atoms with Crippen molar-refractivity contribution in [2.24, 2.45) is 5.41 Å². The molecular weight excluding hydrogens is 450 g/mol. The topological polar surface area (TPSA) is 98.7 Å². The van der Waals surface area contributed by atoms with Crippen molar-refractivity contribution in [3.63, 3.8) is 0 Å². The van der Waals surface area contributed by atoms with Crippen LogP contribution in [-0.2, 0) is 22.9 Å². The van der Waals surface area contributed by atoms with Gasteiger partial charge in [-0.2, -0.15) is 0 Å². The lowest BCUT2D eigenvalue weighted by Gasteiger charge is -2.31. The number of rotatable bonds is 9. The smallest absolute Gasteiger partial charge is 0.255 e. The number of carbonyl (C=O) groups excluding carboxylic acids is 1. The highest BCUT2D eigenvalue weighted by molar-refractivity contribution is 7.92. The van der Waals surface area contributed by atoms with Crippen LogP contribution in [0.15, 0.2) is 24.3 Å². The lowest BCUT2D eigenvalue weighted by molar-refractivity contribution is 0.0933. The zero-order valence-corrected chi connectivity index (χ0v) is 21.9. The normalized spacial score (nSPS) is 13.6. The third kappa shape index (κ3) is 5.66. The van der Waals surface area contributed by atoms with Crippen molar-refractivity contribution in [3.8, 4) is 5.75 Å². The fourth-order valence-corrected chi connectivity index (χ4v) is 5.51. The summed E-state index contributed by atoms with van der Waals surface area (Å²) in [5.41, 5.74) is 6.08. The quantitative estimate of drug-likeness (QED) is 0.494. The Hall–Kier alpha value is -2.74. The standard InChI is InChI=1S/C26H37N3O4S/c1-7-13-29-14-12-19-17(2)23(28-34(6,32)33)18(3)21(24(19)29)15-26(4,5)16-27-25(31)20-10-8-9-11-22(20)30/h8-11,28,30H,7,12-16H2,1-6H3,(H,27,31). The third-order valence-corrected chi connectivity index (χ3v) is 7.06. The molecule has 186 valence electrons. The first-order valence-corrected chi connectivity index (χ1v) is 13.7. The van der Waals surface area contributed by atoms with E-state index in [1.54, 1.807) is 18.2 Å². The second kappa shape index (κ2) is 9.86. The van der Waals surface area contributed by atoms with E-state index in [9.17, 15) is 18.3 Å². The summed E-state index contributed by atoms with van der Waals surface area (Å²) in [5.74, 6) is -0.360. The number of sulfonamides is 1. The first-order chi connectivity index (χ1) is 15.8. The Morgan fingerprint density at radius 3 is 2.47 bits per heavy atom. The second-order valence-electron chi connectivity index (χ2n) is 10.1. The predicted molar refractivity (Wildman–Crippen MR) is 139 cm³/mol. The average molecular weight is 488 g/mol. The summed E-state index contributed by atoms with van der Waals surface area (Å²) in [4.78, 5) is 15.1. The molecule has 0 radical (unpaired) electrons. The maximum atomic E-state index is 12.7. The Balaban J connectivity index is 1.95. The lowest BCUT2D eigenvalue weighted by atomic mass is 9.81. The molecule has 0 saturated carbocycles. The maximum Gasteiger partial charge on any atom is 0.255 e. The minimum Gasteiger partial charge on any atom is -0.507 e. The highest BCUT2D eigenvalue weighted by Gasteiger charge is 2.31. The molecule has 0 saturated heterocycles. The van der Waals surface area contributed by atoms with E-state index in [0.29, 0.717) is 18.7 Å². The van der Waals surface area contributed by atoms with Gasteiger partial charge in [0.05, 0.1) is 17.5 Å². The van der Waals surface area contributed by atoms with Gasteiger partial charge in [-0.15, -0.1) is 0 Å². The van der Waals surface area contributed by atoms with Gasteiger partial charge in [-0.1, -0.05) is 32.9 Å². The van der Waals surface area contributed by atoms with Crippen LogP contribution >= 0.6 is 0 Å². The molecule has 7 nitrogen and oxygen atoms in total. The molecule has 34 heavy (non-hydrogen) atoms. The summed E-state index contributed by atoms with van der Waals surface area (Å²) in [7, 11) is -3.42. The fraction of sp³-hybridized carbons (Fsp3) is 0.500. The number of fused-ring (bicyclic) bond motifs is 1. The van der Waals surface area contributed by atoms with Gasteiger partial charge >= 0.3 is 0 Å². The van der Waals surface area contributed by atoms with Crippen molar-refractivity contribution in [3.05, 3.63) is 52.1 Å². The second-order valence-corrected chi connectivity index (χ2v) is 11.8. The number of nitrogens with one attached hydrogen (secondary N) is 2. The van der Waals surface area contributed by atoms with Crippen LogP contribution in [0.4, 0.5) is 11.4 Å². The zero-order valence-electron chi connectivity index (χ0n) is 21.1. The summed E-state index contributed by atoms with van der Waals surface area (Å²) in [6.07, 6.45) is 3.76. The SMILES string of the molecule is CCCN1CCc2c(C)c(NS(C)(=O)=O)c(C)c(CC(C)(C)CNC(=O)c3ccccc3O)c21. The molecule has 1 amide bonds. The number of amides is 1. The van der Waals surface area contributed by atoms with E-state index in [1.165, 1.54) is 23.6 Å². The number of aromatic hydroxyl groups is 1. The van der Waals surface area contributed by atoms with Crippen LogP contribution < -0.4 is 14.9 Å². The van der Waals surface area contributed by atoms with Gasteiger partial charge in [-0.3, -0.25) is 9.52 Å². The van der Waals surface area contributed by atoms with Crippen molar-refractivity contribution >= 4 is 27.3 Å². The van der Waals surface area contributed by atoms with Crippen molar-refractivity contribution in [2.75, 3.05) is 35.5 Å². The number of carbonyl (C=O) groups is 1. The van der Waals surface area contributed by atoms with Crippen molar-refractivity contribution in [1.29, 1.82) is 0 Å². The van der Waals surface area contributed by atoms with Gasteiger partial charge < -0.3 is 15.3 Å². The van der Waals surface area contributed by atoms with Gasteiger partial charge in [0.25, 0.3) is 5.91 Å². The minimum absolute atomic E-state index is 0.0447. The number of phenols is 1. The van der Waals surface area contributed by atoms with Gasteiger partial charge in [0.2, 0.25) is 10.0 Å². The molecule has 0 spiro atoms. The highest BCUT2D eigenvalue weighted by atomic mass is 32.2. The zero-order chi connectivity index (χ0) is 25.3. The average Bonchev–Trinajstić information content (AvgIpc) is 3.16. The fourth-order valence-electron chi connectivity index (χ4n) is 4.84. The molecular formula is C26H37N3O4S. The molecule has 1 aliphatic rings. The number of anilines is 2. The van der Waals surface area contributed by atoms with E-state index in [1.807, 2.05) is 13.8 Å². The summed E-state index contributed by atoms with van der Waals surface area (Å²) in [6.45, 7) is 12.6. The molecule has 2 aromatic rings. The Kier molecular flexibility index (Phi) is 7.50. The number of nitrogens with zero attached hydrogens (tertiary/aromatic N) is 1.